The van der Waals surface area contributed by atoms with Gasteiger partial charge >= 0.3 is 0 Å². The molecule has 0 fully saturated rings. The van der Waals surface area contributed by atoms with Gasteiger partial charge in [-0.3, -0.25) is 0 Å². The zero-order valence-corrected chi connectivity index (χ0v) is 7.60. The summed E-state index contributed by atoms with van der Waals surface area (Å²) >= 11 is 0. The van der Waals surface area contributed by atoms with Gasteiger partial charge in [0.25, 0.3) is 0 Å². The van der Waals surface area contributed by atoms with Crippen LogP contribution in [-0.2, 0) is 0 Å². The van der Waals surface area contributed by atoms with Crippen molar-refractivity contribution in [2.75, 3.05) is 13.7 Å². The molecule has 74 valence electrons. The van der Waals surface area contributed by atoms with Crippen LogP contribution in [0.25, 0.3) is 0 Å². The number of nitrogens with two attached hydrogens (primary N) is 1. The van der Waals surface area contributed by atoms with E-state index in [4.69, 9.17) is 5.73 Å². The molecule has 0 saturated carbocycles. The number of halogens is 2. The maximum atomic E-state index is 13.1. The zero-order chi connectivity index (χ0) is 10.6. The van der Waals surface area contributed by atoms with Crippen LogP contribution < -0.4 is 10.5 Å². The fourth-order valence-corrected chi connectivity index (χ4v) is 0.980. The molecule has 0 unspecified atom stereocenters. The summed E-state index contributed by atoms with van der Waals surface area (Å²) in [7, 11) is 1.20. The molecule has 4 heteroatoms. The predicted octanol–water partition coefficient (Wildman–Crippen LogP) is 1.28. The molecule has 2 nitrogen and oxygen atoms in total. The van der Waals surface area contributed by atoms with Gasteiger partial charge in [0.15, 0.2) is 17.4 Å². The first-order chi connectivity index (χ1) is 6.69. The molecule has 1 aromatic rings. The third-order valence-corrected chi connectivity index (χ3v) is 1.54. The summed E-state index contributed by atoms with van der Waals surface area (Å²) < 4.78 is 30.7. The molecule has 0 aromatic heterocycles. The zero-order valence-electron chi connectivity index (χ0n) is 7.60. The Morgan fingerprint density at radius 2 is 1.93 bits per heavy atom. The first-order valence-electron chi connectivity index (χ1n) is 3.91. The largest absolute Gasteiger partial charge is 0.491 e. The lowest BCUT2D eigenvalue weighted by Crippen LogP contribution is -1.95. The van der Waals surface area contributed by atoms with Crippen LogP contribution in [0.2, 0.25) is 0 Å². The molecule has 2 N–H and O–H groups in total. The third-order valence-electron chi connectivity index (χ3n) is 1.54. The van der Waals surface area contributed by atoms with Crippen LogP contribution >= 0.6 is 0 Å². The summed E-state index contributed by atoms with van der Waals surface area (Å²) in [6, 6.07) is 2.20. The smallest absolute Gasteiger partial charge is 0.190 e. The third kappa shape index (κ3) is 2.21. The summed E-state index contributed by atoms with van der Waals surface area (Å²) in [5, 5.41) is 0. The van der Waals surface area contributed by atoms with Gasteiger partial charge in [-0.05, 0) is 12.1 Å². The van der Waals surface area contributed by atoms with E-state index >= 15 is 0 Å². The van der Waals surface area contributed by atoms with Crippen LogP contribution in [0, 0.1) is 23.5 Å². The number of hydrogen-bond donors (Lipinski definition) is 1. The van der Waals surface area contributed by atoms with Gasteiger partial charge in [-0.2, -0.15) is 0 Å². The van der Waals surface area contributed by atoms with Crippen LogP contribution in [-0.4, -0.2) is 13.7 Å². The lowest BCUT2D eigenvalue weighted by atomic mass is 10.2. The van der Waals surface area contributed by atoms with Crippen molar-refractivity contribution in [2.45, 2.75) is 0 Å². The van der Waals surface area contributed by atoms with Crippen molar-refractivity contribution in [3.8, 4) is 17.6 Å². The minimum Gasteiger partial charge on any atom is -0.491 e. The Bertz CT molecular complexity index is 370. The standard InChI is InChI=1S/C10H9F2NO/c1-14-10-8(11)5-7(3-2-4-13)6-9(10)12/h5-6H,4,13H2,1H3. The molecule has 0 radical (unpaired) electrons. The van der Waals surface area contributed by atoms with Gasteiger partial charge in [0.1, 0.15) is 0 Å². The van der Waals surface area contributed by atoms with E-state index in [0.717, 1.165) is 12.1 Å². The molecule has 0 saturated heterocycles. The first kappa shape index (κ1) is 10.5. The Kier molecular flexibility index (Phi) is 3.43. The van der Waals surface area contributed by atoms with Crippen molar-refractivity contribution in [3.05, 3.63) is 29.3 Å². The van der Waals surface area contributed by atoms with Gasteiger partial charge < -0.3 is 10.5 Å². The number of benzene rings is 1. The molecule has 0 aliphatic rings. The molecule has 1 aromatic carbocycles. The molecule has 0 amide bonds. The fourth-order valence-electron chi connectivity index (χ4n) is 0.980. The van der Waals surface area contributed by atoms with E-state index in [1.165, 1.54) is 7.11 Å². The van der Waals surface area contributed by atoms with Crippen molar-refractivity contribution in [1.82, 2.24) is 0 Å². The summed E-state index contributed by atoms with van der Waals surface area (Å²) in [6.07, 6.45) is 0. The highest BCUT2D eigenvalue weighted by Crippen LogP contribution is 2.22. The Hall–Kier alpha value is -1.60. The van der Waals surface area contributed by atoms with E-state index in [2.05, 4.69) is 16.6 Å². The lowest BCUT2D eigenvalue weighted by Gasteiger charge is -2.03. The van der Waals surface area contributed by atoms with Gasteiger partial charge in [-0.25, -0.2) is 8.78 Å². The van der Waals surface area contributed by atoms with Crippen molar-refractivity contribution < 1.29 is 13.5 Å². The first-order valence-corrected chi connectivity index (χ1v) is 3.91. The Morgan fingerprint density at radius 1 is 1.36 bits per heavy atom. The monoisotopic (exact) mass is 197 g/mol. The van der Waals surface area contributed by atoms with Crippen molar-refractivity contribution in [1.29, 1.82) is 0 Å². The highest BCUT2D eigenvalue weighted by molar-refractivity contribution is 5.40. The second-order valence-corrected chi connectivity index (χ2v) is 2.48. The number of rotatable bonds is 1. The van der Waals surface area contributed by atoms with Gasteiger partial charge in [0.2, 0.25) is 0 Å². The molecule has 0 spiro atoms. The van der Waals surface area contributed by atoms with Crippen LogP contribution in [0.5, 0.6) is 5.75 Å². The Balaban J connectivity index is 3.14. The normalized spacial score (nSPS) is 9.14. The van der Waals surface area contributed by atoms with Crippen LogP contribution in [0.15, 0.2) is 12.1 Å². The van der Waals surface area contributed by atoms with Crippen LogP contribution in [0.3, 0.4) is 0 Å². The molecular formula is C10H9F2NO. The van der Waals surface area contributed by atoms with E-state index in [1.807, 2.05) is 0 Å². The fraction of sp³-hybridized carbons (Fsp3) is 0.200. The molecule has 0 atom stereocenters. The second kappa shape index (κ2) is 4.58. The molecule has 14 heavy (non-hydrogen) atoms. The number of ether oxygens (including phenoxy) is 1. The molecule has 0 bridgehead atoms. The lowest BCUT2D eigenvalue weighted by molar-refractivity contribution is 0.359. The SMILES string of the molecule is COc1c(F)cc(C#CCN)cc1F. The van der Waals surface area contributed by atoms with Crippen molar-refractivity contribution >= 4 is 0 Å². The number of hydrogen-bond acceptors (Lipinski definition) is 2. The van der Waals surface area contributed by atoms with E-state index < -0.39 is 17.4 Å². The molecule has 0 aliphatic carbocycles. The maximum absolute atomic E-state index is 13.1. The Morgan fingerprint density at radius 3 is 2.36 bits per heavy atom. The summed E-state index contributed by atoms with van der Waals surface area (Å²) in [5.74, 6) is 3.09. The second-order valence-electron chi connectivity index (χ2n) is 2.48. The van der Waals surface area contributed by atoms with Gasteiger partial charge in [0.05, 0.1) is 13.7 Å². The average Bonchev–Trinajstić information content (AvgIpc) is 2.14. The van der Waals surface area contributed by atoms with E-state index in [0.29, 0.717) is 0 Å². The summed E-state index contributed by atoms with van der Waals surface area (Å²) in [4.78, 5) is 0. The van der Waals surface area contributed by atoms with Crippen LogP contribution in [0.1, 0.15) is 5.56 Å². The highest BCUT2D eigenvalue weighted by atomic mass is 19.1. The quantitative estimate of drug-likeness (QED) is 0.688. The molecule has 0 heterocycles. The molecule has 0 aliphatic heterocycles. The minimum absolute atomic E-state index is 0.148. The Labute approximate surface area is 80.7 Å². The topological polar surface area (TPSA) is 35.2 Å². The van der Waals surface area contributed by atoms with Gasteiger partial charge in [-0.15, -0.1) is 0 Å². The van der Waals surface area contributed by atoms with Crippen molar-refractivity contribution in [3.63, 3.8) is 0 Å². The molecular weight excluding hydrogens is 188 g/mol. The minimum atomic E-state index is -0.770. The average molecular weight is 197 g/mol. The van der Waals surface area contributed by atoms with E-state index in [1.54, 1.807) is 0 Å². The van der Waals surface area contributed by atoms with E-state index in [9.17, 15) is 8.78 Å². The predicted molar refractivity (Wildman–Crippen MR) is 48.8 cm³/mol. The van der Waals surface area contributed by atoms with Gasteiger partial charge in [-0.1, -0.05) is 11.8 Å². The summed E-state index contributed by atoms with van der Waals surface area (Å²) in [5.41, 5.74) is 5.36. The van der Waals surface area contributed by atoms with Crippen LogP contribution in [0.4, 0.5) is 8.78 Å². The highest BCUT2D eigenvalue weighted by Gasteiger charge is 2.09. The number of methoxy groups -OCH3 is 1. The molecule has 1 rings (SSSR count). The van der Waals surface area contributed by atoms with E-state index in [-0.39, 0.29) is 12.1 Å². The maximum Gasteiger partial charge on any atom is 0.190 e. The summed E-state index contributed by atoms with van der Waals surface area (Å²) in [6.45, 7) is 0.148. The van der Waals surface area contributed by atoms with Crippen molar-refractivity contribution in [2.24, 2.45) is 5.73 Å². The van der Waals surface area contributed by atoms with Gasteiger partial charge in [0, 0.05) is 5.56 Å².